The second-order valence-electron chi connectivity index (χ2n) is 3.62. The van der Waals surface area contributed by atoms with Gasteiger partial charge in [-0.05, 0) is 37.7 Å². The Morgan fingerprint density at radius 1 is 1.47 bits per heavy atom. The zero-order chi connectivity index (χ0) is 14.6. The van der Waals surface area contributed by atoms with Gasteiger partial charge >= 0.3 is 5.51 Å². The van der Waals surface area contributed by atoms with E-state index in [2.05, 4.69) is 0 Å². The predicted molar refractivity (Wildman–Crippen MR) is 68.8 cm³/mol. The summed E-state index contributed by atoms with van der Waals surface area (Å²) in [6.45, 7) is 3.20. The first-order valence-corrected chi connectivity index (χ1v) is 6.67. The zero-order valence-corrected chi connectivity index (χ0v) is 11.8. The standard InChI is InChI=1S/C12H12ClF3O2S/c1-3-18-8-5-4-6-9(19-12(14,15)16)10(8)11(13)7(2)17/h4-6,11H,3H2,1-2H3. The smallest absolute Gasteiger partial charge is 0.446 e. The summed E-state index contributed by atoms with van der Waals surface area (Å²) in [5, 5.41) is -1.16. The molecule has 0 N–H and O–H groups in total. The van der Waals surface area contributed by atoms with Gasteiger partial charge in [0.2, 0.25) is 0 Å². The number of hydrogen-bond acceptors (Lipinski definition) is 3. The molecule has 106 valence electrons. The molecule has 0 aliphatic rings. The fourth-order valence-electron chi connectivity index (χ4n) is 1.47. The molecule has 0 spiro atoms. The molecule has 1 rings (SSSR count). The molecule has 2 nitrogen and oxygen atoms in total. The molecule has 1 aromatic rings. The van der Waals surface area contributed by atoms with Crippen molar-refractivity contribution in [1.29, 1.82) is 0 Å². The van der Waals surface area contributed by atoms with Crippen LogP contribution in [-0.4, -0.2) is 17.9 Å². The first kappa shape index (κ1) is 16.2. The van der Waals surface area contributed by atoms with Gasteiger partial charge in [0.15, 0.2) is 5.78 Å². The van der Waals surface area contributed by atoms with Crippen molar-refractivity contribution in [3.63, 3.8) is 0 Å². The number of ketones is 1. The first-order valence-electron chi connectivity index (χ1n) is 5.42. The van der Waals surface area contributed by atoms with Gasteiger partial charge in [-0.3, -0.25) is 4.79 Å². The molecule has 1 atom stereocenters. The van der Waals surface area contributed by atoms with E-state index in [4.69, 9.17) is 16.3 Å². The molecule has 0 fully saturated rings. The van der Waals surface area contributed by atoms with E-state index in [9.17, 15) is 18.0 Å². The Kier molecular flexibility index (Phi) is 5.55. The molecule has 1 aromatic carbocycles. The van der Waals surface area contributed by atoms with E-state index in [0.29, 0.717) is 0 Å². The maximum Gasteiger partial charge on any atom is 0.446 e. The fourth-order valence-corrected chi connectivity index (χ4v) is 2.49. The molecule has 0 saturated heterocycles. The molecule has 1 unspecified atom stereocenters. The van der Waals surface area contributed by atoms with Crippen molar-refractivity contribution in [2.24, 2.45) is 0 Å². The minimum Gasteiger partial charge on any atom is -0.493 e. The SMILES string of the molecule is CCOc1cccc(SC(F)(F)F)c1C(Cl)C(C)=O. The van der Waals surface area contributed by atoms with Gasteiger partial charge in [-0.15, -0.1) is 11.6 Å². The summed E-state index contributed by atoms with van der Waals surface area (Å²) >= 11 is 5.60. The Balaban J connectivity index is 3.29. The van der Waals surface area contributed by atoms with Crippen LogP contribution in [0.25, 0.3) is 0 Å². The van der Waals surface area contributed by atoms with Crippen molar-refractivity contribution in [3.8, 4) is 5.75 Å². The molecule has 0 saturated carbocycles. The molecule has 0 aromatic heterocycles. The molecule has 19 heavy (non-hydrogen) atoms. The van der Waals surface area contributed by atoms with Crippen LogP contribution in [0.2, 0.25) is 0 Å². The van der Waals surface area contributed by atoms with Gasteiger partial charge < -0.3 is 4.74 Å². The lowest BCUT2D eigenvalue weighted by molar-refractivity contribution is -0.116. The van der Waals surface area contributed by atoms with E-state index in [1.54, 1.807) is 6.92 Å². The van der Waals surface area contributed by atoms with Crippen LogP contribution in [0.4, 0.5) is 13.2 Å². The highest BCUT2D eigenvalue weighted by atomic mass is 35.5. The Morgan fingerprint density at radius 2 is 2.11 bits per heavy atom. The molecule has 7 heteroatoms. The van der Waals surface area contributed by atoms with Crippen molar-refractivity contribution < 1.29 is 22.7 Å². The summed E-state index contributed by atoms with van der Waals surface area (Å²) in [6.07, 6.45) is 0. The number of hydrogen-bond donors (Lipinski definition) is 0. The summed E-state index contributed by atoms with van der Waals surface area (Å²) in [5.41, 5.74) is -4.38. The number of halogens is 4. The highest BCUT2D eigenvalue weighted by Gasteiger charge is 2.33. The van der Waals surface area contributed by atoms with Crippen LogP contribution in [0.5, 0.6) is 5.75 Å². The highest BCUT2D eigenvalue weighted by molar-refractivity contribution is 8.00. The summed E-state index contributed by atoms with van der Waals surface area (Å²) in [5.74, 6) is -0.232. The quantitative estimate of drug-likeness (QED) is 0.588. The van der Waals surface area contributed by atoms with Gasteiger partial charge in [0, 0.05) is 10.5 Å². The average molecular weight is 313 g/mol. The molecule has 0 aliphatic carbocycles. The van der Waals surface area contributed by atoms with E-state index in [0.717, 1.165) is 0 Å². The highest BCUT2D eigenvalue weighted by Crippen LogP contribution is 2.44. The lowest BCUT2D eigenvalue weighted by Gasteiger charge is -2.17. The number of ether oxygens (including phenoxy) is 1. The Hall–Kier alpha value is -0.880. The van der Waals surface area contributed by atoms with Gasteiger partial charge in [0.1, 0.15) is 11.1 Å². The van der Waals surface area contributed by atoms with Gasteiger partial charge in [-0.1, -0.05) is 6.07 Å². The second kappa shape index (κ2) is 6.52. The van der Waals surface area contributed by atoms with Crippen molar-refractivity contribution >= 4 is 29.1 Å². The van der Waals surface area contributed by atoms with Gasteiger partial charge in [0.25, 0.3) is 0 Å². The number of benzene rings is 1. The zero-order valence-electron chi connectivity index (χ0n) is 10.3. The molecular formula is C12H12ClF3O2S. The molecule has 0 aliphatic heterocycles. The molecule has 0 heterocycles. The van der Waals surface area contributed by atoms with Crippen molar-refractivity contribution in [3.05, 3.63) is 23.8 Å². The van der Waals surface area contributed by atoms with E-state index in [-0.39, 0.29) is 34.6 Å². The van der Waals surface area contributed by atoms with E-state index in [1.165, 1.54) is 25.1 Å². The van der Waals surface area contributed by atoms with Crippen LogP contribution >= 0.6 is 23.4 Å². The minimum absolute atomic E-state index is 0.0702. The Bertz CT molecular complexity index is 463. The normalized spacial score (nSPS) is 13.2. The lowest BCUT2D eigenvalue weighted by atomic mass is 10.1. The third-order valence-electron chi connectivity index (χ3n) is 2.16. The van der Waals surface area contributed by atoms with E-state index in [1.807, 2.05) is 0 Å². The number of alkyl halides is 4. The van der Waals surface area contributed by atoms with Gasteiger partial charge in [-0.2, -0.15) is 13.2 Å². The van der Waals surface area contributed by atoms with Crippen LogP contribution in [-0.2, 0) is 4.79 Å². The summed E-state index contributed by atoms with van der Waals surface area (Å²) in [4.78, 5) is 11.2. The van der Waals surface area contributed by atoms with Crippen molar-refractivity contribution in [1.82, 2.24) is 0 Å². The number of rotatable bonds is 5. The first-order chi connectivity index (χ1) is 8.76. The number of carbonyl (C=O) groups is 1. The number of carbonyl (C=O) groups excluding carboxylic acids is 1. The van der Waals surface area contributed by atoms with Gasteiger partial charge in [0.05, 0.1) is 6.61 Å². The number of Topliss-reactive ketones (excluding diaryl/α,β-unsaturated/α-hetero) is 1. The summed E-state index contributed by atoms with van der Waals surface area (Å²) in [6, 6.07) is 4.21. The monoisotopic (exact) mass is 312 g/mol. The largest absolute Gasteiger partial charge is 0.493 e. The fraction of sp³-hybridized carbons (Fsp3) is 0.417. The molecule has 0 bridgehead atoms. The summed E-state index contributed by atoms with van der Waals surface area (Å²) < 4.78 is 42.7. The third kappa shape index (κ3) is 4.62. The van der Waals surface area contributed by atoms with Crippen LogP contribution < -0.4 is 4.74 Å². The third-order valence-corrected chi connectivity index (χ3v) is 3.49. The predicted octanol–water partition coefficient (Wildman–Crippen LogP) is 4.57. The molecule has 0 amide bonds. The molecule has 0 radical (unpaired) electrons. The Morgan fingerprint density at radius 3 is 2.58 bits per heavy atom. The average Bonchev–Trinajstić information content (AvgIpc) is 2.26. The maximum atomic E-state index is 12.5. The van der Waals surface area contributed by atoms with Crippen LogP contribution in [0.15, 0.2) is 23.1 Å². The van der Waals surface area contributed by atoms with E-state index >= 15 is 0 Å². The molecular weight excluding hydrogens is 301 g/mol. The van der Waals surface area contributed by atoms with Crippen molar-refractivity contribution in [2.45, 2.75) is 29.6 Å². The topological polar surface area (TPSA) is 26.3 Å². The van der Waals surface area contributed by atoms with Crippen molar-refractivity contribution in [2.75, 3.05) is 6.61 Å². The van der Waals surface area contributed by atoms with Crippen LogP contribution in [0.1, 0.15) is 24.8 Å². The lowest BCUT2D eigenvalue weighted by Crippen LogP contribution is -2.09. The van der Waals surface area contributed by atoms with Gasteiger partial charge in [-0.25, -0.2) is 0 Å². The van der Waals surface area contributed by atoms with Crippen LogP contribution in [0.3, 0.4) is 0 Å². The maximum absolute atomic E-state index is 12.5. The van der Waals surface area contributed by atoms with E-state index < -0.39 is 16.7 Å². The second-order valence-corrected chi connectivity index (χ2v) is 5.17. The summed E-state index contributed by atoms with van der Waals surface area (Å²) in [7, 11) is 0. The minimum atomic E-state index is -4.45. The number of thioether (sulfide) groups is 1. The Labute approximate surface area is 118 Å². The van der Waals surface area contributed by atoms with Crippen LogP contribution in [0, 0.1) is 0 Å².